The van der Waals surface area contributed by atoms with Gasteiger partial charge in [-0.1, -0.05) is 27.7 Å². The molecule has 0 aromatic rings. The molecular formula is C14H29N. The molecule has 1 aliphatic carbocycles. The molecule has 1 atom stereocenters. The average molecular weight is 211 g/mol. The minimum Gasteiger partial charge on any atom is -0.317 e. The van der Waals surface area contributed by atoms with Crippen molar-refractivity contribution in [2.45, 2.75) is 59.8 Å². The molecule has 1 aliphatic heterocycles. The Balaban J connectivity index is 0.000000531. The van der Waals surface area contributed by atoms with E-state index in [0.29, 0.717) is 0 Å². The van der Waals surface area contributed by atoms with Crippen LogP contribution in [0.3, 0.4) is 0 Å². The van der Waals surface area contributed by atoms with Crippen LogP contribution < -0.4 is 5.32 Å². The quantitative estimate of drug-likeness (QED) is 0.695. The van der Waals surface area contributed by atoms with Crippen molar-refractivity contribution in [1.29, 1.82) is 0 Å². The summed E-state index contributed by atoms with van der Waals surface area (Å²) < 4.78 is 0. The molecule has 1 heteroatoms. The van der Waals surface area contributed by atoms with Gasteiger partial charge in [-0.15, -0.1) is 0 Å². The fourth-order valence-corrected chi connectivity index (χ4v) is 3.23. The first-order valence-corrected chi connectivity index (χ1v) is 6.93. The van der Waals surface area contributed by atoms with Gasteiger partial charge in [0, 0.05) is 0 Å². The standard InChI is InChI=1S/C12H23N.C2H6/c1-10(2)11-3-4-12(9-11)5-7-13-8-6-12;1-2/h10-11,13H,3-9H2,1-2H3;1-2H3. The molecule has 1 heterocycles. The molecule has 1 unspecified atom stereocenters. The molecule has 1 saturated carbocycles. The molecule has 1 N–H and O–H groups in total. The molecule has 15 heavy (non-hydrogen) atoms. The summed E-state index contributed by atoms with van der Waals surface area (Å²) in [6, 6.07) is 0. The lowest BCUT2D eigenvalue weighted by atomic mass is 9.76. The maximum atomic E-state index is 3.48. The van der Waals surface area contributed by atoms with Crippen molar-refractivity contribution in [3.05, 3.63) is 0 Å². The third-order valence-corrected chi connectivity index (χ3v) is 4.35. The maximum Gasteiger partial charge on any atom is -0.00436 e. The van der Waals surface area contributed by atoms with Crippen LogP contribution in [0.15, 0.2) is 0 Å². The van der Waals surface area contributed by atoms with Gasteiger partial charge in [0.1, 0.15) is 0 Å². The second-order valence-electron chi connectivity index (χ2n) is 5.50. The second-order valence-corrected chi connectivity index (χ2v) is 5.50. The van der Waals surface area contributed by atoms with Crippen LogP contribution in [-0.4, -0.2) is 13.1 Å². The molecule has 2 rings (SSSR count). The van der Waals surface area contributed by atoms with Crippen molar-refractivity contribution in [2.24, 2.45) is 17.3 Å². The lowest BCUT2D eigenvalue weighted by Crippen LogP contribution is -2.35. The highest BCUT2D eigenvalue weighted by Crippen LogP contribution is 2.49. The summed E-state index contributed by atoms with van der Waals surface area (Å²) in [6.07, 6.45) is 7.41. The average Bonchev–Trinajstić information content (AvgIpc) is 2.67. The minimum atomic E-state index is 0.764. The van der Waals surface area contributed by atoms with Crippen LogP contribution in [0.25, 0.3) is 0 Å². The summed E-state index contributed by atoms with van der Waals surface area (Å²) in [5, 5.41) is 3.48. The zero-order valence-corrected chi connectivity index (χ0v) is 11.1. The summed E-state index contributed by atoms with van der Waals surface area (Å²) in [5.41, 5.74) is 0.764. The molecule has 2 aliphatic rings. The topological polar surface area (TPSA) is 12.0 Å². The van der Waals surface area contributed by atoms with Gasteiger partial charge < -0.3 is 5.32 Å². The zero-order valence-electron chi connectivity index (χ0n) is 11.1. The van der Waals surface area contributed by atoms with Crippen LogP contribution in [0, 0.1) is 17.3 Å². The minimum absolute atomic E-state index is 0.764. The van der Waals surface area contributed by atoms with E-state index in [1.54, 1.807) is 0 Å². The van der Waals surface area contributed by atoms with E-state index in [4.69, 9.17) is 0 Å². The van der Waals surface area contributed by atoms with Crippen molar-refractivity contribution >= 4 is 0 Å². The Hall–Kier alpha value is -0.0400. The van der Waals surface area contributed by atoms with E-state index >= 15 is 0 Å². The molecule has 0 amide bonds. The van der Waals surface area contributed by atoms with Crippen molar-refractivity contribution in [3.63, 3.8) is 0 Å². The monoisotopic (exact) mass is 211 g/mol. The van der Waals surface area contributed by atoms with Crippen LogP contribution in [0.1, 0.15) is 59.8 Å². The van der Waals surface area contributed by atoms with Crippen LogP contribution in [0.5, 0.6) is 0 Å². The first-order valence-electron chi connectivity index (χ1n) is 6.93. The summed E-state index contributed by atoms with van der Waals surface area (Å²) in [4.78, 5) is 0. The Morgan fingerprint density at radius 2 is 1.67 bits per heavy atom. The van der Waals surface area contributed by atoms with Gasteiger partial charge in [-0.05, 0) is 62.4 Å². The number of hydrogen-bond acceptors (Lipinski definition) is 1. The Kier molecular flexibility index (Phi) is 5.11. The van der Waals surface area contributed by atoms with Gasteiger partial charge in [-0.3, -0.25) is 0 Å². The second kappa shape index (κ2) is 5.89. The van der Waals surface area contributed by atoms with Crippen molar-refractivity contribution < 1.29 is 0 Å². The van der Waals surface area contributed by atoms with Crippen molar-refractivity contribution in [3.8, 4) is 0 Å². The van der Waals surface area contributed by atoms with Gasteiger partial charge in [0.2, 0.25) is 0 Å². The van der Waals surface area contributed by atoms with E-state index in [9.17, 15) is 0 Å². The Labute approximate surface area is 96.0 Å². The molecule has 1 nitrogen and oxygen atoms in total. The van der Waals surface area contributed by atoms with E-state index in [1.165, 1.54) is 45.2 Å². The molecule has 1 saturated heterocycles. The smallest absolute Gasteiger partial charge is 0.00436 e. The lowest BCUT2D eigenvalue weighted by molar-refractivity contribution is 0.194. The molecule has 1 spiro atoms. The van der Waals surface area contributed by atoms with Crippen LogP contribution in [0.2, 0.25) is 0 Å². The summed E-state index contributed by atoms with van der Waals surface area (Å²) in [6.45, 7) is 11.3. The van der Waals surface area contributed by atoms with Gasteiger partial charge in [-0.2, -0.15) is 0 Å². The van der Waals surface area contributed by atoms with Crippen molar-refractivity contribution in [2.75, 3.05) is 13.1 Å². The molecule has 0 aromatic carbocycles. The lowest BCUT2D eigenvalue weighted by Gasteiger charge is -2.34. The Bertz CT molecular complexity index is 168. The van der Waals surface area contributed by atoms with Gasteiger partial charge in [-0.25, -0.2) is 0 Å². The number of piperidine rings is 1. The van der Waals surface area contributed by atoms with Crippen LogP contribution in [-0.2, 0) is 0 Å². The summed E-state index contributed by atoms with van der Waals surface area (Å²) in [7, 11) is 0. The van der Waals surface area contributed by atoms with Gasteiger partial charge in [0.25, 0.3) is 0 Å². The van der Waals surface area contributed by atoms with E-state index < -0.39 is 0 Å². The SMILES string of the molecule is CC.CC(C)C1CCC2(CCNCC2)C1. The fourth-order valence-electron chi connectivity index (χ4n) is 3.23. The highest BCUT2D eigenvalue weighted by Gasteiger charge is 2.40. The van der Waals surface area contributed by atoms with Gasteiger partial charge in [0.05, 0.1) is 0 Å². The zero-order chi connectivity index (χ0) is 11.3. The van der Waals surface area contributed by atoms with Crippen LogP contribution in [0.4, 0.5) is 0 Å². The third kappa shape index (κ3) is 3.21. The van der Waals surface area contributed by atoms with E-state index in [0.717, 1.165) is 17.3 Å². The van der Waals surface area contributed by atoms with Crippen molar-refractivity contribution in [1.82, 2.24) is 5.32 Å². The number of rotatable bonds is 1. The highest BCUT2D eigenvalue weighted by atomic mass is 14.9. The molecule has 0 radical (unpaired) electrons. The first kappa shape index (κ1) is 13.0. The fraction of sp³-hybridized carbons (Fsp3) is 1.00. The number of nitrogens with one attached hydrogen (secondary N) is 1. The molecule has 0 aromatic heterocycles. The maximum absolute atomic E-state index is 3.48. The van der Waals surface area contributed by atoms with E-state index in [2.05, 4.69) is 19.2 Å². The summed E-state index contributed by atoms with van der Waals surface area (Å²) >= 11 is 0. The molecule has 90 valence electrons. The molecule has 0 bridgehead atoms. The predicted octanol–water partition coefficient (Wildman–Crippen LogP) is 3.84. The predicted molar refractivity (Wildman–Crippen MR) is 68.1 cm³/mol. The van der Waals surface area contributed by atoms with Gasteiger partial charge in [0.15, 0.2) is 0 Å². The van der Waals surface area contributed by atoms with E-state index in [-0.39, 0.29) is 0 Å². The van der Waals surface area contributed by atoms with Gasteiger partial charge >= 0.3 is 0 Å². The Morgan fingerprint density at radius 1 is 1.07 bits per heavy atom. The Morgan fingerprint density at radius 3 is 2.13 bits per heavy atom. The number of hydrogen-bond donors (Lipinski definition) is 1. The third-order valence-electron chi connectivity index (χ3n) is 4.35. The molecule has 2 fully saturated rings. The van der Waals surface area contributed by atoms with E-state index in [1.807, 2.05) is 13.8 Å². The molecular weight excluding hydrogens is 182 g/mol. The highest BCUT2D eigenvalue weighted by molar-refractivity contribution is 4.92. The summed E-state index contributed by atoms with van der Waals surface area (Å²) in [5.74, 6) is 1.94. The largest absolute Gasteiger partial charge is 0.317 e. The first-order chi connectivity index (χ1) is 7.22. The van der Waals surface area contributed by atoms with Crippen LogP contribution >= 0.6 is 0 Å². The normalized spacial score (nSPS) is 29.0.